The lowest BCUT2D eigenvalue weighted by Gasteiger charge is -2.31. The van der Waals surface area contributed by atoms with Gasteiger partial charge in [0.2, 0.25) is 5.91 Å². The second-order valence-electron chi connectivity index (χ2n) is 7.55. The van der Waals surface area contributed by atoms with E-state index in [9.17, 15) is 9.59 Å². The predicted molar refractivity (Wildman–Crippen MR) is 119 cm³/mol. The summed E-state index contributed by atoms with van der Waals surface area (Å²) in [5.41, 5.74) is 2.76. The molecule has 3 amide bonds. The van der Waals surface area contributed by atoms with Crippen LogP contribution < -0.4 is 5.32 Å². The van der Waals surface area contributed by atoms with E-state index in [2.05, 4.69) is 5.32 Å². The zero-order valence-electron chi connectivity index (χ0n) is 18.7. The van der Waals surface area contributed by atoms with E-state index < -0.39 is 0 Å². The van der Waals surface area contributed by atoms with Gasteiger partial charge in [-0.15, -0.1) is 0 Å². The number of aromatic nitrogens is 1. The Morgan fingerprint density at radius 1 is 1.20 bits per heavy atom. The molecule has 2 aromatic rings. The molecule has 0 saturated carbocycles. The number of amides is 3. The van der Waals surface area contributed by atoms with Gasteiger partial charge in [0.25, 0.3) is 0 Å². The molecule has 30 heavy (non-hydrogen) atoms. The number of nitrogens with zero attached hydrogens (tertiary/aromatic N) is 3. The molecule has 0 bridgehead atoms. The van der Waals surface area contributed by atoms with Gasteiger partial charge in [-0.25, -0.2) is 4.79 Å². The largest absolute Gasteiger partial charge is 0.383 e. The van der Waals surface area contributed by atoms with Crippen LogP contribution in [0.25, 0.3) is 0 Å². The average molecular weight is 415 g/mol. The Labute approximate surface area is 179 Å². The predicted octanol–water partition coefficient (Wildman–Crippen LogP) is 3.64. The Morgan fingerprint density at radius 2 is 1.93 bits per heavy atom. The van der Waals surface area contributed by atoms with Gasteiger partial charge in [0.05, 0.1) is 13.2 Å². The van der Waals surface area contributed by atoms with E-state index in [4.69, 9.17) is 4.74 Å². The van der Waals surface area contributed by atoms with Gasteiger partial charge in [0.1, 0.15) is 6.54 Å². The third kappa shape index (κ3) is 6.35. The molecule has 0 radical (unpaired) electrons. The molecule has 1 N–H and O–H groups in total. The fourth-order valence-corrected chi connectivity index (χ4v) is 3.14. The van der Waals surface area contributed by atoms with E-state index in [0.717, 1.165) is 23.4 Å². The Kier molecular flexibility index (Phi) is 8.92. The number of methoxy groups -OCH3 is 1. The van der Waals surface area contributed by atoms with Crippen molar-refractivity contribution in [1.29, 1.82) is 0 Å². The summed E-state index contributed by atoms with van der Waals surface area (Å²) in [5, 5.41) is 2.96. The quantitative estimate of drug-likeness (QED) is 0.645. The van der Waals surface area contributed by atoms with E-state index in [-0.39, 0.29) is 24.5 Å². The van der Waals surface area contributed by atoms with Crippen LogP contribution >= 0.6 is 0 Å². The first-order valence-electron chi connectivity index (χ1n) is 10.4. The third-order valence-corrected chi connectivity index (χ3v) is 5.40. The number of carbonyl (C=O) groups excluding carboxylic acids is 2. The van der Waals surface area contributed by atoms with E-state index in [1.54, 1.807) is 16.9 Å². The Bertz CT molecular complexity index is 833. The number of rotatable bonds is 10. The first-order chi connectivity index (χ1) is 14.4. The third-order valence-electron chi connectivity index (χ3n) is 5.40. The van der Waals surface area contributed by atoms with Gasteiger partial charge < -0.3 is 24.4 Å². The molecular weight excluding hydrogens is 380 g/mol. The second kappa shape index (κ2) is 11.4. The molecule has 1 aromatic carbocycles. The van der Waals surface area contributed by atoms with Crippen LogP contribution in [-0.4, -0.2) is 59.2 Å². The number of carbonyl (C=O) groups is 2. The van der Waals surface area contributed by atoms with Crippen molar-refractivity contribution in [1.82, 2.24) is 14.4 Å². The minimum Gasteiger partial charge on any atom is -0.383 e. The number of ether oxygens (including phenoxy) is 1. The second-order valence-corrected chi connectivity index (χ2v) is 7.55. The number of hydrogen-bond donors (Lipinski definition) is 1. The van der Waals surface area contributed by atoms with E-state index >= 15 is 0 Å². The van der Waals surface area contributed by atoms with Gasteiger partial charge in [-0.3, -0.25) is 4.79 Å². The summed E-state index contributed by atoms with van der Waals surface area (Å²) < 4.78 is 7.18. The maximum absolute atomic E-state index is 13.2. The first-order valence-corrected chi connectivity index (χ1v) is 10.4. The normalized spacial score (nSPS) is 11.8. The summed E-state index contributed by atoms with van der Waals surface area (Å²) in [7, 11) is 3.57. The standard InChI is InChI=1S/C23H34N4O3/c1-6-19(3)27(23(29)24-21-12-8-7-10-18(21)2)17-22(28)26(14-15-30-5)16-20-11-9-13-25(20)4/h7-13,19H,6,14-17H2,1-5H3,(H,24,29)/t19-/m0/s1. The number of urea groups is 1. The lowest BCUT2D eigenvalue weighted by atomic mass is 10.2. The highest BCUT2D eigenvalue weighted by molar-refractivity contribution is 5.93. The number of nitrogens with one attached hydrogen (secondary N) is 1. The van der Waals surface area contributed by atoms with E-state index in [1.807, 2.05) is 75.0 Å². The molecule has 1 atom stereocenters. The van der Waals surface area contributed by atoms with Crippen molar-refractivity contribution in [2.24, 2.45) is 7.05 Å². The lowest BCUT2D eigenvalue weighted by Crippen LogP contribution is -2.48. The van der Waals surface area contributed by atoms with Crippen molar-refractivity contribution in [3.8, 4) is 0 Å². The van der Waals surface area contributed by atoms with Crippen molar-refractivity contribution in [3.05, 3.63) is 53.9 Å². The number of benzene rings is 1. The molecule has 0 aliphatic heterocycles. The van der Waals surface area contributed by atoms with Crippen LogP contribution in [0.1, 0.15) is 31.5 Å². The van der Waals surface area contributed by atoms with Gasteiger partial charge >= 0.3 is 6.03 Å². The maximum Gasteiger partial charge on any atom is 0.322 e. The van der Waals surface area contributed by atoms with E-state index in [1.165, 1.54) is 0 Å². The molecule has 2 rings (SSSR count). The summed E-state index contributed by atoms with van der Waals surface area (Å²) in [6.45, 7) is 7.31. The van der Waals surface area contributed by atoms with Crippen LogP contribution in [0.15, 0.2) is 42.6 Å². The minimum absolute atomic E-state index is 0.0147. The monoisotopic (exact) mass is 414 g/mol. The van der Waals surface area contributed by atoms with Crippen molar-refractivity contribution in [2.45, 2.75) is 39.8 Å². The summed E-state index contributed by atoms with van der Waals surface area (Å²) in [4.78, 5) is 29.6. The van der Waals surface area contributed by atoms with Crippen LogP contribution in [0.2, 0.25) is 0 Å². The molecular formula is C23H34N4O3. The van der Waals surface area contributed by atoms with Crippen LogP contribution in [0.4, 0.5) is 10.5 Å². The minimum atomic E-state index is -0.266. The van der Waals surface area contributed by atoms with Crippen LogP contribution in [0.5, 0.6) is 0 Å². The number of anilines is 1. The van der Waals surface area contributed by atoms with Crippen LogP contribution in [-0.2, 0) is 23.1 Å². The molecule has 0 spiro atoms. The molecule has 7 heteroatoms. The highest BCUT2D eigenvalue weighted by atomic mass is 16.5. The van der Waals surface area contributed by atoms with Gasteiger partial charge in [0.15, 0.2) is 0 Å². The van der Waals surface area contributed by atoms with Crippen molar-refractivity contribution >= 4 is 17.6 Å². The van der Waals surface area contributed by atoms with Crippen molar-refractivity contribution < 1.29 is 14.3 Å². The molecule has 1 heterocycles. The zero-order valence-corrected chi connectivity index (χ0v) is 18.7. The smallest absolute Gasteiger partial charge is 0.322 e. The molecule has 0 aliphatic carbocycles. The topological polar surface area (TPSA) is 66.8 Å². The van der Waals surface area contributed by atoms with Crippen molar-refractivity contribution in [2.75, 3.05) is 32.1 Å². The number of hydrogen-bond acceptors (Lipinski definition) is 3. The lowest BCUT2D eigenvalue weighted by molar-refractivity contribution is -0.133. The van der Waals surface area contributed by atoms with Gasteiger partial charge in [-0.05, 0) is 44.0 Å². The SMILES string of the molecule is CC[C@H](C)N(CC(=O)N(CCOC)Cc1cccn1C)C(=O)Nc1ccccc1C. The first kappa shape index (κ1) is 23.5. The molecule has 0 aliphatic rings. The summed E-state index contributed by atoms with van der Waals surface area (Å²) in [6.07, 6.45) is 2.71. The highest BCUT2D eigenvalue weighted by Crippen LogP contribution is 2.16. The summed E-state index contributed by atoms with van der Waals surface area (Å²) >= 11 is 0. The maximum atomic E-state index is 13.2. The van der Waals surface area contributed by atoms with E-state index in [0.29, 0.717) is 19.7 Å². The highest BCUT2D eigenvalue weighted by Gasteiger charge is 2.25. The van der Waals surface area contributed by atoms with Gasteiger partial charge in [-0.2, -0.15) is 0 Å². The molecule has 164 valence electrons. The Hall–Kier alpha value is -2.80. The Balaban J connectivity index is 2.15. The average Bonchev–Trinajstić information content (AvgIpc) is 3.14. The summed E-state index contributed by atoms with van der Waals surface area (Å²) in [5.74, 6) is -0.103. The molecule has 0 fully saturated rings. The Morgan fingerprint density at radius 3 is 2.53 bits per heavy atom. The zero-order chi connectivity index (χ0) is 22.1. The number of aryl methyl sites for hydroxylation is 2. The van der Waals surface area contributed by atoms with Gasteiger partial charge in [0, 0.05) is 44.3 Å². The fraction of sp³-hybridized carbons (Fsp3) is 0.478. The van der Waals surface area contributed by atoms with Crippen molar-refractivity contribution in [3.63, 3.8) is 0 Å². The fourth-order valence-electron chi connectivity index (χ4n) is 3.14. The van der Waals surface area contributed by atoms with Gasteiger partial charge in [-0.1, -0.05) is 25.1 Å². The summed E-state index contributed by atoms with van der Waals surface area (Å²) in [6, 6.07) is 11.2. The van der Waals surface area contributed by atoms with Crippen LogP contribution in [0.3, 0.4) is 0 Å². The molecule has 1 aromatic heterocycles. The molecule has 0 saturated heterocycles. The molecule has 7 nitrogen and oxygen atoms in total. The van der Waals surface area contributed by atoms with Crippen LogP contribution in [0, 0.1) is 6.92 Å². The number of para-hydroxylation sites is 1. The molecule has 0 unspecified atom stereocenters.